The smallest absolute Gasteiger partial charge is 0.255 e. The minimum atomic E-state index is -0.0170. The molecule has 1 saturated heterocycles. The number of nitrogens with zero attached hydrogens (tertiary/aromatic N) is 1. The number of halogens is 2. The quantitative estimate of drug-likeness (QED) is 0.907. The molecule has 0 bridgehead atoms. The molecule has 18 heavy (non-hydrogen) atoms. The maximum atomic E-state index is 12.4. The first-order valence-electron chi connectivity index (χ1n) is 6.03. The van der Waals surface area contributed by atoms with E-state index in [1.165, 1.54) is 0 Å². The summed E-state index contributed by atoms with van der Waals surface area (Å²) >= 11 is 11.9. The lowest BCUT2D eigenvalue weighted by atomic mass is 10.0. The zero-order valence-corrected chi connectivity index (χ0v) is 11.8. The zero-order valence-electron chi connectivity index (χ0n) is 10.2. The highest BCUT2D eigenvalue weighted by molar-refractivity contribution is 6.36. The van der Waals surface area contributed by atoms with Gasteiger partial charge >= 0.3 is 0 Å². The van der Waals surface area contributed by atoms with Gasteiger partial charge in [-0.05, 0) is 38.1 Å². The second-order valence-electron chi connectivity index (χ2n) is 4.50. The lowest BCUT2D eigenvalue weighted by Crippen LogP contribution is -2.47. The third-order valence-corrected chi connectivity index (χ3v) is 3.83. The molecule has 0 saturated carbocycles. The van der Waals surface area contributed by atoms with Crippen molar-refractivity contribution in [3.8, 4) is 0 Å². The molecular formula is C13H16Cl2N2O. The third-order valence-electron chi connectivity index (χ3n) is 3.28. The molecule has 1 aliphatic rings. The van der Waals surface area contributed by atoms with Crippen LogP contribution >= 0.6 is 23.2 Å². The standard InChI is InChI=1S/C13H16Cl2N2O/c1-16-10-3-2-6-17(8-10)13(18)11-5-4-9(14)7-12(11)15/h4-5,7,10,16H,2-3,6,8H2,1H3/t10-/m1/s1. The monoisotopic (exact) mass is 286 g/mol. The molecule has 1 atom stereocenters. The van der Waals surface area contributed by atoms with Crippen molar-refractivity contribution in [3.05, 3.63) is 33.8 Å². The van der Waals surface area contributed by atoms with Crippen LogP contribution in [0.4, 0.5) is 0 Å². The first-order chi connectivity index (χ1) is 8.61. The summed E-state index contributed by atoms with van der Waals surface area (Å²) in [5.41, 5.74) is 0.526. The molecule has 1 fully saturated rings. The lowest BCUT2D eigenvalue weighted by Gasteiger charge is -2.32. The van der Waals surface area contributed by atoms with Crippen LogP contribution in [0, 0.1) is 0 Å². The van der Waals surface area contributed by atoms with Crippen molar-refractivity contribution in [1.82, 2.24) is 10.2 Å². The van der Waals surface area contributed by atoms with Crippen LogP contribution in [0.15, 0.2) is 18.2 Å². The van der Waals surface area contributed by atoms with Crippen LogP contribution in [0.25, 0.3) is 0 Å². The second kappa shape index (κ2) is 5.91. The van der Waals surface area contributed by atoms with Crippen LogP contribution in [-0.4, -0.2) is 37.0 Å². The minimum absolute atomic E-state index is 0.0170. The number of hydrogen-bond donors (Lipinski definition) is 1. The van der Waals surface area contributed by atoms with E-state index < -0.39 is 0 Å². The molecule has 2 rings (SSSR count). The highest BCUT2D eigenvalue weighted by atomic mass is 35.5. The van der Waals surface area contributed by atoms with Crippen molar-refractivity contribution in [2.24, 2.45) is 0 Å². The molecule has 1 aromatic carbocycles. The number of carbonyl (C=O) groups excluding carboxylic acids is 1. The Morgan fingerprint density at radius 1 is 1.44 bits per heavy atom. The van der Waals surface area contributed by atoms with Gasteiger partial charge in [0.2, 0.25) is 0 Å². The van der Waals surface area contributed by atoms with Crippen molar-refractivity contribution < 1.29 is 4.79 Å². The largest absolute Gasteiger partial charge is 0.337 e. The number of nitrogens with one attached hydrogen (secondary N) is 1. The van der Waals surface area contributed by atoms with E-state index in [-0.39, 0.29) is 5.91 Å². The fourth-order valence-electron chi connectivity index (χ4n) is 2.23. The average molecular weight is 287 g/mol. The summed E-state index contributed by atoms with van der Waals surface area (Å²) in [5, 5.41) is 4.18. The van der Waals surface area contributed by atoms with Gasteiger partial charge in [0.1, 0.15) is 0 Å². The SMILES string of the molecule is CN[C@@H]1CCCN(C(=O)c2ccc(Cl)cc2Cl)C1. The van der Waals surface area contributed by atoms with E-state index in [2.05, 4.69) is 5.32 Å². The Hall–Kier alpha value is -0.770. The van der Waals surface area contributed by atoms with Crippen LogP contribution < -0.4 is 5.32 Å². The predicted molar refractivity (Wildman–Crippen MR) is 74.4 cm³/mol. The van der Waals surface area contributed by atoms with Gasteiger partial charge in [-0.3, -0.25) is 4.79 Å². The first-order valence-corrected chi connectivity index (χ1v) is 6.79. The maximum Gasteiger partial charge on any atom is 0.255 e. The van der Waals surface area contributed by atoms with Gasteiger partial charge in [0, 0.05) is 24.2 Å². The van der Waals surface area contributed by atoms with E-state index in [0.29, 0.717) is 21.7 Å². The molecule has 0 aromatic heterocycles. The van der Waals surface area contributed by atoms with Gasteiger partial charge in [0.15, 0.2) is 0 Å². The molecule has 98 valence electrons. The fraction of sp³-hybridized carbons (Fsp3) is 0.462. The van der Waals surface area contributed by atoms with E-state index in [4.69, 9.17) is 23.2 Å². The summed E-state index contributed by atoms with van der Waals surface area (Å²) in [4.78, 5) is 14.2. The average Bonchev–Trinajstić information content (AvgIpc) is 2.38. The van der Waals surface area contributed by atoms with E-state index in [0.717, 1.165) is 25.9 Å². The topological polar surface area (TPSA) is 32.3 Å². The molecule has 3 nitrogen and oxygen atoms in total. The van der Waals surface area contributed by atoms with Gasteiger partial charge in [-0.2, -0.15) is 0 Å². The number of rotatable bonds is 2. The van der Waals surface area contributed by atoms with Crippen molar-refractivity contribution in [3.63, 3.8) is 0 Å². The Balaban J connectivity index is 2.15. The van der Waals surface area contributed by atoms with Gasteiger partial charge in [-0.25, -0.2) is 0 Å². The molecule has 0 unspecified atom stereocenters. The maximum absolute atomic E-state index is 12.4. The van der Waals surface area contributed by atoms with Crippen LogP contribution in [0.2, 0.25) is 10.0 Å². The Labute approximate surface area is 117 Å². The summed E-state index contributed by atoms with van der Waals surface area (Å²) in [5.74, 6) is -0.0170. The first kappa shape index (κ1) is 13.7. The van der Waals surface area contributed by atoms with Crippen LogP contribution in [0.5, 0.6) is 0 Å². The van der Waals surface area contributed by atoms with Gasteiger partial charge in [0.05, 0.1) is 10.6 Å². The normalized spacial score (nSPS) is 19.9. The summed E-state index contributed by atoms with van der Waals surface area (Å²) in [7, 11) is 1.92. The molecule has 0 spiro atoms. The Kier molecular flexibility index (Phi) is 4.49. The molecular weight excluding hydrogens is 271 g/mol. The highest BCUT2D eigenvalue weighted by Gasteiger charge is 2.24. The van der Waals surface area contributed by atoms with Crippen molar-refractivity contribution >= 4 is 29.1 Å². The van der Waals surface area contributed by atoms with Crippen LogP contribution in [0.3, 0.4) is 0 Å². The van der Waals surface area contributed by atoms with E-state index in [1.807, 2.05) is 11.9 Å². The second-order valence-corrected chi connectivity index (χ2v) is 5.35. The van der Waals surface area contributed by atoms with Crippen LogP contribution in [-0.2, 0) is 0 Å². The number of hydrogen-bond acceptors (Lipinski definition) is 2. The zero-order chi connectivity index (χ0) is 13.1. The summed E-state index contributed by atoms with van der Waals surface area (Å²) in [6.45, 7) is 1.52. The molecule has 0 aliphatic carbocycles. The van der Waals surface area contributed by atoms with E-state index in [9.17, 15) is 4.79 Å². The number of benzene rings is 1. The molecule has 1 heterocycles. The van der Waals surface area contributed by atoms with Gasteiger partial charge < -0.3 is 10.2 Å². The molecule has 1 N–H and O–H groups in total. The molecule has 5 heteroatoms. The lowest BCUT2D eigenvalue weighted by molar-refractivity contribution is 0.0698. The Morgan fingerprint density at radius 2 is 2.22 bits per heavy atom. The summed E-state index contributed by atoms with van der Waals surface area (Å²) in [6, 6.07) is 5.36. The minimum Gasteiger partial charge on any atom is -0.337 e. The summed E-state index contributed by atoms with van der Waals surface area (Å²) < 4.78 is 0. The van der Waals surface area contributed by atoms with Crippen LogP contribution in [0.1, 0.15) is 23.2 Å². The molecule has 0 radical (unpaired) electrons. The molecule has 1 aliphatic heterocycles. The van der Waals surface area contributed by atoms with E-state index >= 15 is 0 Å². The van der Waals surface area contributed by atoms with Gasteiger partial charge in [-0.15, -0.1) is 0 Å². The Morgan fingerprint density at radius 3 is 2.89 bits per heavy atom. The number of piperidine rings is 1. The van der Waals surface area contributed by atoms with Crippen molar-refractivity contribution in [2.75, 3.05) is 20.1 Å². The Bertz CT molecular complexity index is 451. The molecule has 1 amide bonds. The third kappa shape index (κ3) is 2.97. The number of likely N-dealkylation sites (tertiary alicyclic amines) is 1. The summed E-state index contributed by atoms with van der Waals surface area (Å²) in [6.07, 6.45) is 2.12. The molecule has 1 aromatic rings. The number of carbonyl (C=O) groups is 1. The van der Waals surface area contributed by atoms with Crippen molar-refractivity contribution in [2.45, 2.75) is 18.9 Å². The highest BCUT2D eigenvalue weighted by Crippen LogP contribution is 2.23. The predicted octanol–water partition coefficient (Wildman–Crippen LogP) is 2.82. The van der Waals surface area contributed by atoms with Gasteiger partial charge in [0.25, 0.3) is 5.91 Å². The van der Waals surface area contributed by atoms with Gasteiger partial charge in [-0.1, -0.05) is 23.2 Å². The van der Waals surface area contributed by atoms with E-state index in [1.54, 1.807) is 18.2 Å². The van der Waals surface area contributed by atoms with Crippen molar-refractivity contribution in [1.29, 1.82) is 0 Å². The fourth-order valence-corrected chi connectivity index (χ4v) is 2.72. The number of likely N-dealkylation sites (N-methyl/N-ethyl adjacent to an activating group) is 1. The number of amides is 1.